The standard InChI is InChI=1S/C12H16F2N2O/c1-16(7-9-8-17-5-4-15-9)10-2-3-11(13)12(14)6-10/h2-3,6,9,15H,4-5,7-8H2,1H3. The number of ether oxygens (including phenoxy) is 1. The Morgan fingerprint density at radius 1 is 1.41 bits per heavy atom. The van der Waals surface area contributed by atoms with Crippen LogP contribution in [0.1, 0.15) is 0 Å². The fourth-order valence-electron chi connectivity index (χ4n) is 1.90. The predicted molar refractivity (Wildman–Crippen MR) is 62.2 cm³/mol. The summed E-state index contributed by atoms with van der Waals surface area (Å²) in [5.74, 6) is -1.64. The summed E-state index contributed by atoms with van der Waals surface area (Å²) in [4.78, 5) is 1.88. The van der Waals surface area contributed by atoms with Crippen molar-refractivity contribution in [2.24, 2.45) is 0 Å². The summed E-state index contributed by atoms with van der Waals surface area (Å²) in [5, 5.41) is 3.31. The van der Waals surface area contributed by atoms with Crippen LogP contribution in [0, 0.1) is 11.6 Å². The van der Waals surface area contributed by atoms with E-state index in [2.05, 4.69) is 5.32 Å². The van der Waals surface area contributed by atoms with E-state index in [0.29, 0.717) is 18.8 Å². The van der Waals surface area contributed by atoms with Gasteiger partial charge in [0.25, 0.3) is 0 Å². The van der Waals surface area contributed by atoms with Crippen LogP contribution >= 0.6 is 0 Å². The molecule has 1 unspecified atom stereocenters. The Morgan fingerprint density at radius 2 is 2.24 bits per heavy atom. The van der Waals surface area contributed by atoms with Crippen LogP contribution in [-0.4, -0.2) is 39.4 Å². The number of halogens is 2. The van der Waals surface area contributed by atoms with Crippen LogP contribution in [0.4, 0.5) is 14.5 Å². The van der Waals surface area contributed by atoms with E-state index < -0.39 is 11.6 Å². The van der Waals surface area contributed by atoms with Crippen LogP contribution in [0.5, 0.6) is 0 Å². The minimum atomic E-state index is -0.818. The number of hydrogen-bond donors (Lipinski definition) is 1. The molecule has 1 saturated heterocycles. The fourth-order valence-corrected chi connectivity index (χ4v) is 1.90. The van der Waals surface area contributed by atoms with Gasteiger partial charge >= 0.3 is 0 Å². The van der Waals surface area contributed by atoms with Gasteiger partial charge in [-0.25, -0.2) is 8.78 Å². The third-order valence-electron chi connectivity index (χ3n) is 2.84. The van der Waals surface area contributed by atoms with Gasteiger partial charge in [-0.3, -0.25) is 0 Å². The molecule has 1 N–H and O–H groups in total. The number of rotatable bonds is 3. The Bertz CT molecular complexity index is 381. The van der Waals surface area contributed by atoms with E-state index in [1.807, 2.05) is 11.9 Å². The molecule has 1 atom stereocenters. The van der Waals surface area contributed by atoms with E-state index in [-0.39, 0.29) is 6.04 Å². The molecular formula is C12H16F2N2O. The van der Waals surface area contributed by atoms with Crippen LogP contribution in [0.2, 0.25) is 0 Å². The van der Waals surface area contributed by atoms with E-state index in [4.69, 9.17) is 4.74 Å². The largest absolute Gasteiger partial charge is 0.378 e. The summed E-state index contributed by atoms with van der Waals surface area (Å²) < 4.78 is 31.2. The average Bonchev–Trinajstić information content (AvgIpc) is 2.34. The molecule has 1 aliphatic rings. The molecule has 1 aromatic rings. The summed E-state index contributed by atoms with van der Waals surface area (Å²) in [5.41, 5.74) is 0.663. The Morgan fingerprint density at radius 3 is 2.88 bits per heavy atom. The SMILES string of the molecule is CN(CC1COCCN1)c1ccc(F)c(F)c1. The number of benzene rings is 1. The maximum absolute atomic E-state index is 13.1. The van der Waals surface area contributed by atoms with Crippen molar-refractivity contribution in [2.45, 2.75) is 6.04 Å². The van der Waals surface area contributed by atoms with Gasteiger partial charge in [0, 0.05) is 37.9 Å². The molecule has 0 radical (unpaired) electrons. The highest BCUT2D eigenvalue weighted by Gasteiger charge is 2.16. The normalized spacial score (nSPS) is 20.3. The number of nitrogens with one attached hydrogen (secondary N) is 1. The molecule has 0 aliphatic carbocycles. The van der Waals surface area contributed by atoms with E-state index in [9.17, 15) is 8.78 Å². The molecule has 1 fully saturated rings. The molecule has 0 bridgehead atoms. The summed E-state index contributed by atoms with van der Waals surface area (Å²) in [7, 11) is 1.85. The molecular weight excluding hydrogens is 226 g/mol. The van der Waals surface area contributed by atoms with Crippen molar-refractivity contribution in [2.75, 3.05) is 38.3 Å². The predicted octanol–water partition coefficient (Wildman–Crippen LogP) is 1.39. The minimum absolute atomic E-state index is 0.224. The number of likely N-dealkylation sites (N-methyl/N-ethyl adjacent to an activating group) is 1. The van der Waals surface area contributed by atoms with Gasteiger partial charge < -0.3 is 15.0 Å². The van der Waals surface area contributed by atoms with Gasteiger partial charge in [0.1, 0.15) is 0 Å². The second kappa shape index (κ2) is 5.42. The minimum Gasteiger partial charge on any atom is -0.378 e. The molecule has 0 spiro atoms. The smallest absolute Gasteiger partial charge is 0.160 e. The maximum Gasteiger partial charge on any atom is 0.160 e. The van der Waals surface area contributed by atoms with Crippen molar-refractivity contribution >= 4 is 5.69 Å². The van der Waals surface area contributed by atoms with Crippen LogP contribution in [-0.2, 0) is 4.74 Å². The molecule has 0 amide bonds. The van der Waals surface area contributed by atoms with E-state index in [0.717, 1.165) is 19.2 Å². The van der Waals surface area contributed by atoms with Gasteiger partial charge in [-0.05, 0) is 12.1 Å². The first-order chi connectivity index (χ1) is 8.16. The topological polar surface area (TPSA) is 24.5 Å². The quantitative estimate of drug-likeness (QED) is 0.867. The second-order valence-corrected chi connectivity index (χ2v) is 4.20. The lowest BCUT2D eigenvalue weighted by molar-refractivity contribution is 0.0791. The van der Waals surface area contributed by atoms with Crippen LogP contribution in [0.15, 0.2) is 18.2 Å². The van der Waals surface area contributed by atoms with Gasteiger partial charge in [-0.2, -0.15) is 0 Å². The molecule has 1 aromatic carbocycles. The lowest BCUT2D eigenvalue weighted by Crippen LogP contribution is -2.47. The van der Waals surface area contributed by atoms with Crippen LogP contribution in [0.3, 0.4) is 0 Å². The Hall–Kier alpha value is -1.20. The first kappa shape index (κ1) is 12.3. The third-order valence-corrected chi connectivity index (χ3v) is 2.84. The Balaban J connectivity index is 1.98. The molecule has 1 aliphatic heterocycles. The molecule has 0 saturated carbocycles. The number of morpholine rings is 1. The van der Waals surface area contributed by atoms with Gasteiger partial charge in [0.2, 0.25) is 0 Å². The zero-order valence-corrected chi connectivity index (χ0v) is 9.75. The molecule has 2 rings (SSSR count). The molecule has 0 aromatic heterocycles. The molecule has 3 nitrogen and oxygen atoms in total. The highest BCUT2D eigenvalue weighted by Crippen LogP contribution is 2.17. The zero-order chi connectivity index (χ0) is 12.3. The number of nitrogens with zero attached hydrogens (tertiary/aromatic N) is 1. The van der Waals surface area contributed by atoms with Crippen molar-refractivity contribution in [3.63, 3.8) is 0 Å². The first-order valence-corrected chi connectivity index (χ1v) is 5.64. The van der Waals surface area contributed by atoms with Crippen LogP contribution in [0.25, 0.3) is 0 Å². The molecule has 1 heterocycles. The molecule has 94 valence electrons. The lowest BCUT2D eigenvalue weighted by atomic mass is 10.2. The Kier molecular flexibility index (Phi) is 3.91. The van der Waals surface area contributed by atoms with Crippen molar-refractivity contribution in [3.05, 3.63) is 29.8 Å². The summed E-state index contributed by atoms with van der Waals surface area (Å²) in [6, 6.07) is 4.15. The highest BCUT2D eigenvalue weighted by molar-refractivity contribution is 5.46. The van der Waals surface area contributed by atoms with Gasteiger partial charge in [0.05, 0.1) is 13.2 Å². The summed E-state index contributed by atoms with van der Waals surface area (Å²) >= 11 is 0. The van der Waals surface area contributed by atoms with Gasteiger partial charge in [-0.15, -0.1) is 0 Å². The molecule has 5 heteroatoms. The van der Waals surface area contributed by atoms with Gasteiger partial charge in [0.15, 0.2) is 11.6 Å². The monoisotopic (exact) mass is 242 g/mol. The van der Waals surface area contributed by atoms with Crippen molar-refractivity contribution in [1.82, 2.24) is 5.32 Å². The third kappa shape index (κ3) is 3.14. The van der Waals surface area contributed by atoms with Crippen molar-refractivity contribution in [1.29, 1.82) is 0 Å². The summed E-state index contributed by atoms with van der Waals surface area (Å²) in [6.45, 7) is 2.90. The van der Waals surface area contributed by atoms with Crippen molar-refractivity contribution < 1.29 is 13.5 Å². The van der Waals surface area contributed by atoms with E-state index in [1.54, 1.807) is 6.07 Å². The summed E-state index contributed by atoms with van der Waals surface area (Å²) in [6.07, 6.45) is 0. The van der Waals surface area contributed by atoms with E-state index >= 15 is 0 Å². The maximum atomic E-state index is 13.1. The average molecular weight is 242 g/mol. The van der Waals surface area contributed by atoms with Crippen molar-refractivity contribution in [3.8, 4) is 0 Å². The zero-order valence-electron chi connectivity index (χ0n) is 9.75. The van der Waals surface area contributed by atoms with Gasteiger partial charge in [-0.1, -0.05) is 0 Å². The van der Waals surface area contributed by atoms with E-state index in [1.165, 1.54) is 6.07 Å². The lowest BCUT2D eigenvalue weighted by Gasteiger charge is -2.29. The second-order valence-electron chi connectivity index (χ2n) is 4.20. The Labute approximate surface area is 99.4 Å². The first-order valence-electron chi connectivity index (χ1n) is 5.64. The number of hydrogen-bond acceptors (Lipinski definition) is 3. The number of anilines is 1. The van der Waals surface area contributed by atoms with Crippen LogP contribution < -0.4 is 10.2 Å². The highest BCUT2D eigenvalue weighted by atomic mass is 19.2. The molecule has 17 heavy (non-hydrogen) atoms. The fraction of sp³-hybridized carbons (Fsp3) is 0.500.